The van der Waals surface area contributed by atoms with E-state index in [0.717, 1.165) is 5.56 Å². The first kappa shape index (κ1) is 21.2. The van der Waals surface area contributed by atoms with Crippen LogP contribution in [0.3, 0.4) is 0 Å². The number of aliphatic hydroxyl groups excluding tert-OH is 1. The Kier molecular flexibility index (Phi) is 8.65. The van der Waals surface area contributed by atoms with Crippen molar-refractivity contribution in [1.82, 2.24) is 5.32 Å². The zero-order valence-corrected chi connectivity index (χ0v) is 15.2. The lowest BCUT2D eigenvalue weighted by atomic mass is 10.1. The Bertz CT molecular complexity index is 683. The van der Waals surface area contributed by atoms with Gasteiger partial charge in [0.2, 0.25) is 0 Å². The number of nitrogens with one attached hydrogen (secondary N) is 1. The zero-order valence-electron chi connectivity index (χ0n) is 13.6. The van der Waals surface area contributed by atoms with Crippen molar-refractivity contribution in [2.45, 2.75) is 19.1 Å². The van der Waals surface area contributed by atoms with Gasteiger partial charge in [0.1, 0.15) is 18.5 Å². The molecule has 8 heteroatoms. The lowest BCUT2D eigenvalue weighted by Gasteiger charge is -2.18. The molecule has 136 valence electrons. The Morgan fingerprint density at radius 2 is 1.96 bits per heavy atom. The molecule has 2 atom stereocenters. The van der Waals surface area contributed by atoms with Gasteiger partial charge in [0.15, 0.2) is 0 Å². The van der Waals surface area contributed by atoms with Crippen molar-refractivity contribution in [3.63, 3.8) is 0 Å². The summed E-state index contributed by atoms with van der Waals surface area (Å²) in [4.78, 5) is 10.1. The van der Waals surface area contributed by atoms with E-state index in [2.05, 4.69) is 5.32 Å². The summed E-state index contributed by atoms with van der Waals surface area (Å²) in [6.07, 6.45) is -0.707. The number of nitrogens with zero attached hydrogens (tertiary/aromatic N) is 1. The summed E-state index contributed by atoms with van der Waals surface area (Å²) in [5, 5.41) is 24.4. The molecular weight excluding hydrogens is 367 g/mol. The van der Waals surface area contributed by atoms with Crippen LogP contribution in [-0.2, 0) is 0 Å². The quantitative estimate of drug-likeness (QED) is 0.532. The molecule has 25 heavy (non-hydrogen) atoms. The van der Waals surface area contributed by atoms with E-state index in [0.29, 0.717) is 17.3 Å². The van der Waals surface area contributed by atoms with E-state index >= 15 is 0 Å². The number of hydrogen-bond acceptors (Lipinski definition) is 5. The van der Waals surface area contributed by atoms with E-state index in [4.69, 9.17) is 16.3 Å². The van der Waals surface area contributed by atoms with Gasteiger partial charge in [0.05, 0.1) is 4.92 Å². The predicted molar refractivity (Wildman–Crippen MR) is 99.7 cm³/mol. The zero-order chi connectivity index (χ0) is 17.5. The molecule has 6 nitrogen and oxygen atoms in total. The minimum Gasteiger partial charge on any atom is -0.491 e. The van der Waals surface area contributed by atoms with Gasteiger partial charge in [-0.1, -0.05) is 23.7 Å². The van der Waals surface area contributed by atoms with Gasteiger partial charge in [0, 0.05) is 29.7 Å². The van der Waals surface area contributed by atoms with Crippen LogP contribution < -0.4 is 10.1 Å². The molecule has 0 aliphatic rings. The summed E-state index contributed by atoms with van der Waals surface area (Å²) in [6.45, 7) is 2.42. The van der Waals surface area contributed by atoms with Gasteiger partial charge in [-0.2, -0.15) is 0 Å². The molecule has 2 unspecified atom stereocenters. The van der Waals surface area contributed by atoms with E-state index in [-0.39, 0.29) is 30.7 Å². The van der Waals surface area contributed by atoms with Gasteiger partial charge in [-0.05, 0) is 36.8 Å². The maximum Gasteiger partial charge on any atom is 0.269 e. The van der Waals surface area contributed by atoms with E-state index < -0.39 is 11.0 Å². The summed E-state index contributed by atoms with van der Waals surface area (Å²) in [6, 6.07) is 13.3. The molecule has 0 aromatic heterocycles. The Labute approximate surface area is 157 Å². The molecule has 0 aliphatic carbocycles. The minimum atomic E-state index is -0.707. The van der Waals surface area contributed by atoms with Crippen molar-refractivity contribution in [3.05, 3.63) is 69.2 Å². The molecule has 0 aliphatic heterocycles. The van der Waals surface area contributed by atoms with Gasteiger partial charge < -0.3 is 15.2 Å². The number of ether oxygens (including phenoxy) is 1. The van der Waals surface area contributed by atoms with Gasteiger partial charge in [-0.3, -0.25) is 10.1 Å². The van der Waals surface area contributed by atoms with Crippen molar-refractivity contribution < 1.29 is 14.8 Å². The van der Waals surface area contributed by atoms with Gasteiger partial charge in [0.25, 0.3) is 5.69 Å². The van der Waals surface area contributed by atoms with Crippen LogP contribution in [0, 0.1) is 10.1 Å². The highest BCUT2D eigenvalue weighted by Gasteiger charge is 2.11. The fraction of sp³-hybridized carbons (Fsp3) is 0.294. The van der Waals surface area contributed by atoms with Crippen LogP contribution in [0.5, 0.6) is 5.75 Å². The second-order valence-corrected chi connectivity index (χ2v) is 5.84. The van der Waals surface area contributed by atoms with Crippen LogP contribution in [0.25, 0.3) is 0 Å². The first-order valence-corrected chi connectivity index (χ1v) is 7.87. The summed E-state index contributed by atoms with van der Waals surface area (Å²) >= 11 is 5.96. The molecule has 2 rings (SSSR count). The van der Waals surface area contributed by atoms with Gasteiger partial charge in [-0.25, -0.2) is 0 Å². The smallest absolute Gasteiger partial charge is 0.269 e. The van der Waals surface area contributed by atoms with Crippen molar-refractivity contribution in [2.24, 2.45) is 0 Å². The van der Waals surface area contributed by atoms with Crippen LogP contribution in [0.15, 0.2) is 48.5 Å². The Morgan fingerprint density at radius 3 is 2.56 bits per heavy atom. The van der Waals surface area contributed by atoms with Crippen molar-refractivity contribution in [1.29, 1.82) is 0 Å². The summed E-state index contributed by atoms with van der Waals surface area (Å²) in [5.74, 6) is 0.475. The Morgan fingerprint density at radius 1 is 1.28 bits per heavy atom. The van der Waals surface area contributed by atoms with Crippen LogP contribution in [0.1, 0.15) is 18.5 Å². The third kappa shape index (κ3) is 6.88. The molecular formula is C17H20Cl2N2O4. The number of nitro groups is 1. The van der Waals surface area contributed by atoms with Crippen LogP contribution >= 0.6 is 24.0 Å². The number of rotatable bonds is 8. The number of benzene rings is 2. The first-order valence-electron chi connectivity index (χ1n) is 7.50. The van der Waals surface area contributed by atoms with Gasteiger partial charge in [-0.15, -0.1) is 12.4 Å². The lowest BCUT2D eigenvalue weighted by Crippen LogP contribution is -2.33. The second-order valence-electron chi connectivity index (χ2n) is 5.40. The Balaban J connectivity index is 0.00000312. The third-order valence-electron chi connectivity index (χ3n) is 3.50. The average molecular weight is 387 g/mol. The summed E-state index contributed by atoms with van der Waals surface area (Å²) < 4.78 is 5.43. The molecule has 0 amide bonds. The van der Waals surface area contributed by atoms with E-state index in [1.165, 1.54) is 24.3 Å². The highest BCUT2D eigenvalue weighted by atomic mass is 35.5. The maximum atomic E-state index is 10.6. The molecule has 0 radical (unpaired) electrons. The number of aliphatic hydroxyl groups is 1. The fourth-order valence-corrected chi connectivity index (χ4v) is 2.32. The van der Waals surface area contributed by atoms with E-state index in [1.807, 2.05) is 31.2 Å². The van der Waals surface area contributed by atoms with Crippen LogP contribution in [0.2, 0.25) is 5.02 Å². The molecule has 0 spiro atoms. The molecule has 0 saturated heterocycles. The number of hydrogen-bond donors (Lipinski definition) is 2. The molecule has 0 bridgehead atoms. The topological polar surface area (TPSA) is 84.6 Å². The third-order valence-corrected chi connectivity index (χ3v) is 3.73. The van der Waals surface area contributed by atoms with E-state index in [1.54, 1.807) is 0 Å². The highest BCUT2D eigenvalue weighted by Crippen LogP contribution is 2.18. The molecule has 2 N–H and O–H groups in total. The fourth-order valence-electron chi connectivity index (χ4n) is 2.12. The maximum absolute atomic E-state index is 10.6. The average Bonchev–Trinajstić information content (AvgIpc) is 2.58. The van der Waals surface area contributed by atoms with Crippen molar-refractivity contribution in [3.8, 4) is 5.75 Å². The molecule has 0 fully saturated rings. The number of halogens is 2. The molecule has 2 aromatic rings. The number of non-ortho nitro benzene ring substituents is 1. The van der Waals surface area contributed by atoms with Gasteiger partial charge >= 0.3 is 0 Å². The summed E-state index contributed by atoms with van der Waals surface area (Å²) in [7, 11) is 0. The van der Waals surface area contributed by atoms with Crippen LogP contribution in [-0.4, -0.2) is 29.3 Å². The SMILES string of the molecule is CC(NCC(O)COc1ccc([N+](=O)[O-])cc1)c1cccc(Cl)c1.Cl. The van der Waals surface area contributed by atoms with E-state index in [9.17, 15) is 15.2 Å². The monoisotopic (exact) mass is 386 g/mol. The lowest BCUT2D eigenvalue weighted by molar-refractivity contribution is -0.384. The molecule has 2 aromatic carbocycles. The predicted octanol–water partition coefficient (Wildman–Crippen LogP) is 3.76. The summed E-state index contributed by atoms with van der Waals surface area (Å²) in [5.41, 5.74) is 1.03. The highest BCUT2D eigenvalue weighted by molar-refractivity contribution is 6.30. The largest absolute Gasteiger partial charge is 0.491 e. The van der Waals surface area contributed by atoms with Crippen molar-refractivity contribution >= 4 is 29.7 Å². The second kappa shape index (κ2) is 10.2. The normalized spacial score (nSPS) is 12.8. The molecule has 0 heterocycles. The Hall–Kier alpha value is -1.86. The first-order chi connectivity index (χ1) is 11.5. The standard InChI is InChI=1S/C17H19ClN2O4.ClH/c1-12(13-3-2-4-14(18)9-13)19-10-16(21)11-24-17-7-5-15(6-8-17)20(22)23;/h2-9,12,16,19,21H,10-11H2,1H3;1H. The van der Waals surface area contributed by atoms with Crippen LogP contribution in [0.4, 0.5) is 5.69 Å². The van der Waals surface area contributed by atoms with Crippen molar-refractivity contribution in [2.75, 3.05) is 13.2 Å². The molecule has 0 saturated carbocycles. The number of nitro benzene ring substituents is 1. The minimum absolute atomic E-state index is 0.